The van der Waals surface area contributed by atoms with Gasteiger partial charge in [0.15, 0.2) is 0 Å². The van der Waals surface area contributed by atoms with Crippen molar-refractivity contribution in [2.45, 2.75) is 30.0 Å². The average Bonchev–Trinajstić information content (AvgIpc) is 2.55. The Kier molecular flexibility index (Phi) is 6.04. The van der Waals surface area contributed by atoms with Gasteiger partial charge in [0.25, 0.3) is 0 Å². The maximum Gasteiger partial charge on any atom is 0.233 e. The summed E-state index contributed by atoms with van der Waals surface area (Å²) in [6, 6.07) is 13.6. The van der Waals surface area contributed by atoms with Crippen LogP contribution in [0.2, 0.25) is 0 Å². The predicted molar refractivity (Wildman–Crippen MR) is 91.3 cm³/mol. The van der Waals surface area contributed by atoms with Gasteiger partial charge in [-0.2, -0.15) is 0 Å². The summed E-state index contributed by atoms with van der Waals surface area (Å²) < 4.78 is 18.1. The van der Waals surface area contributed by atoms with Crippen molar-refractivity contribution in [3.8, 4) is 5.75 Å². The lowest BCUT2D eigenvalue weighted by atomic mass is 10.1. The molecule has 0 aliphatic rings. The van der Waals surface area contributed by atoms with Gasteiger partial charge in [0.05, 0.1) is 18.4 Å². The smallest absolute Gasteiger partial charge is 0.233 e. The molecule has 5 heteroatoms. The molecule has 2 atom stereocenters. The zero-order valence-corrected chi connectivity index (χ0v) is 14.2. The van der Waals surface area contributed by atoms with Crippen molar-refractivity contribution in [2.75, 3.05) is 7.11 Å². The van der Waals surface area contributed by atoms with Crippen LogP contribution in [-0.4, -0.2) is 18.3 Å². The van der Waals surface area contributed by atoms with Gasteiger partial charge in [-0.15, -0.1) is 11.8 Å². The van der Waals surface area contributed by atoms with Gasteiger partial charge in [0.1, 0.15) is 11.6 Å². The average molecular weight is 333 g/mol. The fourth-order valence-corrected chi connectivity index (χ4v) is 3.02. The van der Waals surface area contributed by atoms with Crippen LogP contribution in [-0.2, 0) is 4.79 Å². The number of nitrogens with one attached hydrogen (secondary N) is 1. The number of methoxy groups -OCH3 is 1. The number of carbonyl (C=O) groups excluding carboxylic acids is 1. The van der Waals surface area contributed by atoms with Crippen molar-refractivity contribution < 1.29 is 13.9 Å². The largest absolute Gasteiger partial charge is 0.497 e. The topological polar surface area (TPSA) is 38.3 Å². The number of amides is 1. The zero-order chi connectivity index (χ0) is 16.8. The molecule has 2 rings (SSSR count). The first-order chi connectivity index (χ1) is 11.0. The normalized spacial score (nSPS) is 13.2. The lowest BCUT2D eigenvalue weighted by Gasteiger charge is -2.18. The van der Waals surface area contributed by atoms with E-state index in [-0.39, 0.29) is 23.0 Å². The molecule has 122 valence electrons. The van der Waals surface area contributed by atoms with E-state index in [2.05, 4.69) is 5.32 Å². The van der Waals surface area contributed by atoms with Crippen LogP contribution in [0.15, 0.2) is 53.4 Å². The first kappa shape index (κ1) is 17.3. The molecule has 23 heavy (non-hydrogen) atoms. The molecule has 0 radical (unpaired) electrons. The Hall–Kier alpha value is -2.01. The van der Waals surface area contributed by atoms with E-state index in [0.29, 0.717) is 0 Å². The maximum absolute atomic E-state index is 12.9. The van der Waals surface area contributed by atoms with E-state index in [1.165, 1.54) is 23.9 Å². The Morgan fingerprint density at radius 1 is 1.17 bits per heavy atom. The van der Waals surface area contributed by atoms with E-state index in [0.717, 1.165) is 16.2 Å². The highest BCUT2D eigenvalue weighted by molar-refractivity contribution is 8.00. The summed E-state index contributed by atoms with van der Waals surface area (Å²) in [4.78, 5) is 13.3. The SMILES string of the molecule is COc1cccc(SC(C)C(=O)NC(C)c2ccc(F)cc2)c1. The van der Waals surface area contributed by atoms with Gasteiger partial charge >= 0.3 is 0 Å². The quantitative estimate of drug-likeness (QED) is 0.806. The molecule has 2 aromatic rings. The molecule has 0 aliphatic heterocycles. The zero-order valence-electron chi connectivity index (χ0n) is 13.4. The van der Waals surface area contributed by atoms with E-state index < -0.39 is 0 Å². The Balaban J connectivity index is 1.95. The Morgan fingerprint density at radius 3 is 2.52 bits per heavy atom. The monoisotopic (exact) mass is 333 g/mol. The second-order valence-electron chi connectivity index (χ2n) is 5.22. The van der Waals surface area contributed by atoms with Crippen molar-refractivity contribution in [3.63, 3.8) is 0 Å². The second kappa shape index (κ2) is 8.02. The molecule has 0 fully saturated rings. The van der Waals surface area contributed by atoms with Crippen LogP contribution < -0.4 is 10.1 Å². The first-order valence-electron chi connectivity index (χ1n) is 7.36. The number of thioether (sulfide) groups is 1. The van der Waals surface area contributed by atoms with E-state index in [1.54, 1.807) is 19.2 Å². The number of hydrogen-bond donors (Lipinski definition) is 1. The Bertz CT molecular complexity index is 660. The van der Waals surface area contributed by atoms with Crippen LogP contribution in [0.4, 0.5) is 4.39 Å². The van der Waals surface area contributed by atoms with Crippen LogP contribution >= 0.6 is 11.8 Å². The molecule has 0 saturated heterocycles. The maximum atomic E-state index is 12.9. The molecule has 0 bridgehead atoms. The standard InChI is InChI=1S/C18H20FNO2S/c1-12(14-7-9-15(19)10-8-14)20-18(21)13(2)23-17-6-4-5-16(11-17)22-3/h4-13H,1-3H3,(H,20,21). The first-order valence-corrected chi connectivity index (χ1v) is 8.24. The fourth-order valence-electron chi connectivity index (χ4n) is 2.10. The van der Waals surface area contributed by atoms with Crippen molar-refractivity contribution in [1.82, 2.24) is 5.32 Å². The van der Waals surface area contributed by atoms with Crippen molar-refractivity contribution >= 4 is 17.7 Å². The molecule has 0 saturated carbocycles. The van der Waals surface area contributed by atoms with E-state index in [1.807, 2.05) is 38.1 Å². The molecule has 0 spiro atoms. The number of rotatable bonds is 6. The van der Waals surface area contributed by atoms with Crippen LogP contribution in [0.25, 0.3) is 0 Å². The molecule has 1 amide bonds. The highest BCUT2D eigenvalue weighted by Crippen LogP contribution is 2.27. The molecular weight excluding hydrogens is 313 g/mol. The summed E-state index contributed by atoms with van der Waals surface area (Å²) in [6.07, 6.45) is 0. The summed E-state index contributed by atoms with van der Waals surface area (Å²) >= 11 is 1.47. The van der Waals surface area contributed by atoms with Gasteiger partial charge in [0, 0.05) is 4.90 Å². The molecule has 3 nitrogen and oxygen atoms in total. The predicted octanol–water partition coefficient (Wildman–Crippen LogP) is 4.19. The molecule has 0 heterocycles. The third-order valence-electron chi connectivity index (χ3n) is 3.45. The van der Waals surface area contributed by atoms with Gasteiger partial charge < -0.3 is 10.1 Å². The molecular formula is C18H20FNO2S. The lowest BCUT2D eigenvalue weighted by molar-refractivity contribution is -0.120. The van der Waals surface area contributed by atoms with Gasteiger partial charge in [0.2, 0.25) is 5.91 Å². The third kappa shape index (κ3) is 4.99. The highest BCUT2D eigenvalue weighted by Gasteiger charge is 2.17. The van der Waals surface area contributed by atoms with Crippen molar-refractivity contribution in [3.05, 3.63) is 59.9 Å². The van der Waals surface area contributed by atoms with Crippen LogP contribution in [0, 0.1) is 5.82 Å². The number of carbonyl (C=O) groups is 1. The summed E-state index contributed by atoms with van der Waals surface area (Å²) in [5.41, 5.74) is 0.873. The highest BCUT2D eigenvalue weighted by atomic mass is 32.2. The Labute approximate surface area is 140 Å². The fraction of sp³-hybridized carbons (Fsp3) is 0.278. The third-order valence-corrected chi connectivity index (χ3v) is 4.55. The minimum atomic E-state index is -0.283. The minimum Gasteiger partial charge on any atom is -0.497 e. The minimum absolute atomic E-state index is 0.0605. The van der Waals surface area contributed by atoms with E-state index in [9.17, 15) is 9.18 Å². The molecule has 2 aromatic carbocycles. The molecule has 0 aliphatic carbocycles. The Morgan fingerprint density at radius 2 is 1.87 bits per heavy atom. The van der Waals surface area contributed by atoms with Gasteiger partial charge in [-0.05, 0) is 49.7 Å². The molecule has 1 N–H and O–H groups in total. The number of hydrogen-bond acceptors (Lipinski definition) is 3. The van der Waals surface area contributed by atoms with E-state index in [4.69, 9.17) is 4.74 Å². The van der Waals surface area contributed by atoms with E-state index >= 15 is 0 Å². The van der Waals surface area contributed by atoms with Crippen molar-refractivity contribution in [1.29, 1.82) is 0 Å². The number of benzene rings is 2. The molecule has 0 aromatic heterocycles. The van der Waals surface area contributed by atoms with Crippen molar-refractivity contribution in [2.24, 2.45) is 0 Å². The van der Waals surface area contributed by atoms with Gasteiger partial charge in [-0.25, -0.2) is 4.39 Å². The summed E-state index contributed by atoms with van der Waals surface area (Å²) in [6.45, 7) is 3.74. The van der Waals surface area contributed by atoms with Crippen LogP contribution in [0.5, 0.6) is 5.75 Å². The van der Waals surface area contributed by atoms with Crippen LogP contribution in [0.1, 0.15) is 25.5 Å². The summed E-state index contributed by atoms with van der Waals surface area (Å²) in [7, 11) is 1.62. The summed E-state index contributed by atoms with van der Waals surface area (Å²) in [5, 5.41) is 2.71. The molecule has 2 unspecified atom stereocenters. The second-order valence-corrected chi connectivity index (χ2v) is 6.64. The number of halogens is 1. The lowest BCUT2D eigenvalue weighted by Crippen LogP contribution is -2.33. The summed E-state index contributed by atoms with van der Waals surface area (Å²) in [5.74, 6) is 0.422. The van der Waals surface area contributed by atoms with Crippen LogP contribution in [0.3, 0.4) is 0 Å². The van der Waals surface area contributed by atoms with Gasteiger partial charge in [-0.1, -0.05) is 18.2 Å². The van der Waals surface area contributed by atoms with Gasteiger partial charge in [-0.3, -0.25) is 4.79 Å². The number of ether oxygens (including phenoxy) is 1.